The van der Waals surface area contributed by atoms with Crippen LogP contribution in [0, 0.1) is 0 Å². The number of rotatable bonds is 11. The molecule has 0 aliphatic carbocycles. The highest BCUT2D eigenvalue weighted by Gasteiger charge is 2.53. The van der Waals surface area contributed by atoms with Crippen molar-refractivity contribution in [3.8, 4) is 0 Å². The average Bonchev–Trinajstić information content (AvgIpc) is 2.94. The highest BCUT2D eigenvalue weighted by molar-refractivity contribution is 6.00. The first kappa shape index (κ1) is 27.6. The van der Waals surface area contributed by atoms with E-state index in [2.05, 4.69) is 34.6 Å². The Kier molecular flexibility index (Phi) is 9.76. The van der Waals surface area contributed by atoms with E-state index in [1.54, 1.807) is 0 Å². The van der Waals surface area contributed by atoms with Gasteiger partial charge in [0.1, 0.15) is 18.2 Å². The molecule has 1 atom stereocenters. The van der Waals surface area contributed by atoms with Gasteiger partial charge in [0, 0.05) is 32.7 Å². The third-order valence-corrected chi connectivity index (χ3v) is 7.59. The van der Waals surface area contributed by atoms with E-state index < -0.39 is 17.7 Å². The molecule has 1 unspecified atom stereocenters. The predicted octanol–water partition coefficient (Wildman–Crippen LogP) is 3.85. The van der Waals surface area contributed by atoms with Gasteiger partial charge in [-0.15, -0.1) is 0 Å². The molecule has 0 radical (unpaired) electrons. The minimum absolute atomic E-state index is 0.0162. The van der Waals surface area contributed by atoms with E-state index in [1.165, 1.54) is 5.56 Å². The summed E-state index contributed by atoms with van der Waals surface area (Å²) in [7, 11) is 0. The second-order valence-corrected chi connectivity index (χ2v) is 10.3. The molecule has 2 aliphatic heterocycles. The first-order chi connectivity index (χ1) is 18.5. The number of piperidine rings is 1. The lowest BCUT2D eigenvalue weighted by Gasteiger charge is -2.51. The van der Waals surface area contributed by atoms with Crippen LogP contribution in [0.5, 0.6) is 0 Å². The van der Waals surface area contributed by atoms with Gasteiger partial charge in [-0.1, -0.05) is 67.6 Å². The van der Waals surface area contributed by atoms with Gasteiger partial charge in [-0.3, -0.25) is 14.5 Å². The van der Waals surface area contributed by atoms with Crippen molar-refractivity contribution >= 4 is 17.9 Å². The Balaban J connectivity index is 1.22. The fourth-order valence-electron chi connectivity index (χ4n) is 5.48. The Labute approximate surface area is 225 Å². The summed E-state index contributed by atoms with van der Waals surface area (Å²) >= 11 is 0. The van der Waals surface area contributed by atoms with Crippen molar-refractivity contribution in [2.75, 3.05) is 26.2 Å². The molecule has 2 aromatic rings. The number of nitrogens with zero attached hydrogens (tertiary/aromatic N) is 2. The SMILES string of the molecule is CCCN1C(=O)C(CCCCNC(=O)OCc2ccccc2)NC(=O)C12CCN(Cc1ccccc1)CC2. The Morgan fingerprint density at radius 1 is 1.00 bits per heavy atom. The zero-order valence-corrected chi connectivity index (χ0v) is 22.4. The monoisotopic (exact) mass is 520 g/mol. The molecular weight excluding hydrogens is 480 g/mol. The molecule has 2 heterocycles. The Morgan fingerprint density at radius 2 is 1.66 bits per heavy atom. The molecule has 2 fully saturated rings. The summed E-state index contributed by atoms with van der Waals surface area (Å²) in [6.07, 6.45) is 3.64. The lowest BCUT2D eigenvalue weighted by molar-refractivity contribution is -0.161. The number of hydrogen-bond acceptors (Lipinski definition) is 5. The van der Waals surface area contributed by atoms with Crippen LogP contribution in [0.4, 0.5) is 4.79 Å². The smallest absolute Gasteiger partial charge is 0.407 e. The van der Waals surface area contributed by atoms with Crippen molar-refractivity contribution in [3.63, 3.8) is 0 Å². The number of nitrogens with one attached hydrogen (secondary N) is 2. The number of likely N-dealkylation sites (tertiary alicyclic amines) is 1. The Bertz CT molecular complexity index is 1050. The van der Waals surface area contributed by atoms with Crippen LogP contribution >= 0.6 is 0 Å². The van der Waals surface area contributed by atoms with Crippen molar-refractivity contribution < 1.29 is 19.1 Å². The lowest BCUT2D eigenvalue weighted by Crippen LogP contribution is -2.72. The Hall–Kier alpha value is -3.39. The van der Waals surface area contributed by atoms with Gasteiger partial charge in [0.05, 0.1) is 0 Å². The number of carbonyl (C=O) groups is 3. The van der Waals surface area contributed by atoms with Crippen LogP contribution in [0.3, 0.4) is 0 Å². The van der Waals surface area contributed by atoms with Crippen LogP contribution in [0.2, 0.25) is 0 Å². The summed E-state index contributed by atoms with van der Waals surface area (Å²) in [6.45, 7) is 5.76. The van der Waals surface area contributed by atoms with Crippen LogP contribution < -0.4 is 10.6 Å². The molecule has 8 heteroatoms. The second-order valence-electron chi connectivity index (χ2n) is 10.3. The molecule has 3 amide bonds. The van der Waals surface area contributed by atoms with Gasteiger partial charge in [0.15, 0.2) is 0 Å². The highest BCUT2D eigenvalue weighted by Crippen LogP contribution is 2.34. The Morgan fingerprint density at radius 3 is 2.32 bits per heavy atom. The number of alkyl carbamates (subject to hydrolysis) is 1. The van der Waals surface area contributed by atoms with Gasteiger partial charge >= 0.3 is 6.09 Å². The minimum atomic E-state index is -0.749. The third-order valence-electron chi connectivity index (χ3n) is 7.59. The van der Waals surface area contributed by atoms with Crippen LogP contribution in [0.25, 0.3) is 0 Å². The number of unbranched alkanes of at least 4 members (excludes halogenated alkanes) is 1. The number of piperazine rings is 1. The molecule has 38 heavy (non-hydrogen) atoms. The number of ether oxygens (including phenoxy) is 1. The molecule has 204 valence electrons. The van der Waals surface area contributed by atoms with E-state index in [4.69, 9.17) is 4.74 Å². The summed E-state index contributed by atoms with van der Waals surface area (Å²) in [5.74, 6) is 0.00992. The van der Waals surface area contributed by atoms with Gasteiger partial charge in [-0.05, 0) is 49.7 Å². The van der Waals surface area contributed by atoms with Gasteiger partial charge in [-0.2, -0.15) is 0 Å². The van der Waals surface area contributed by atoms with E-state index in [1.807, 2.05) is 53.4 Å². The van der Waals surface area contributed by atoms with E-state index in [0.29, 0.717) is 45.2 Å². The largest absolute Gasteiger partial charge is 0.445 e. The summed E-state index contributed by atoms with van der Waals surface area (Å²) in [4.78, 5) is 43.1. The number of benzene rings is 2. The topological polar surface area (TPSA) is 91.0 Å². The van der Waals surface area contributed by atoms with Crippen molar-refractivity contribution in [1.82, 2.24) is 20.4 Å². The van der Waals surface area contributed by atoms with Crippen LogP contribution in [-0.4, -0.2) is 65.5 Å². The number of carbonyl (C=O) groups excluding carboxylic acids is 3. The van der Waals surface area contributed by atoms with E-state index in [-0.39, 0.29) is 18.4 Å². The van der Waals surface area contributed by atoms with E-state index >= 15 is 0 Å². The summed E-state index contributed by atoms with van der Waals surface area (Å²) < 4.78 is 5.23. The second kappa shape index (κ2) is 13.4. The molecule has 4 rings (SSSR count). The quantitative estimate of drug-likeness (QED) is 0.439. The van der Waals surface area contributed by atoms with Gasteiger partial charge < -0.3 is 20.3 Å². The maximum Gasteiger partial charge on any atom is 0.407 e. The van der Waals surface area contributed by atoms with E-state index in [0.717, 1.165) is 31.6 Å². The predicted molar refractivity (Wildman–Crippen MR) is 146 cm³/mol. The van der Waals surface area contributed by atoms with E-state index in [9.17, 15) is 14.4 Å². The molecule has 2 saturated heterocycles. The van der Waals surface area contributed by atoms with Crippen molar-refractivity contribution in [3.05, 3.63) is 71.8 Å². The fourth-order valence-corrected chi connectivity index (χ4v) is 5.48. The number of hydrogen-bond donors (Lipinski definition) is 2. The zero-order chi connectivity index (χ0) is 26.8. The van der Waals surface area contributed by atoms with Crippen molar-refractivity contribution in [1.29, 1.82) is 0 Å². The van der Waals surface area contributed by atoms with Crippen LogP contribution in [0.1, 0.15) is 56.6 Å². The standard InChI is InChI=1S/C30H40N4O4/c1-2-19-34-27(35)26(15-9-10-18-31-29(37)38-23-25-13-7-4-8-14-25)32-28(36)30(34)16-20-33(21-17-30)22-24-11-5-3-6-12-24/h3-8,11-14,26H,2,9-10,15-23H2,1H3,(H,31,37)(H,32,36). The average molecular weight is 521 g/mol. The first-order valence-corrected chi connectivity index (χ1v) is 13.8. The molecule has 0 aromatic heterocycles. The fraction of sp³-hybridized carbons (Fsp3) is 0.500. The van der Waals surface area contributed by atoms with Crippen LogP contribution in [-0.2, 0) is 27.5 Å². The molecule has 2 N–H and O–H groups in total. The van der Waals surface area contributed by atoms with Gasteiger partial charge in [-0.25, -0.2) is 4.79 Å². The lowest BCUT2D eigenvalue weighted by atomic mass is 9.81. The van der Waals surface area contributed by atoms with Crippen molar-refractivity contribution in [2.24, 2.45) is 0 Å². The minimum Gasteiger partial charge on any atom is -0.445 e. The molecule has 2 aromatic carbocycles. The molecule has 8 nitrogen and oxygen atoms in total. The highest BCUT2D eigenvalue weighted by atomic mass is 16.5. The van der Waals surface area contributed by atoms with Gasteiger partial charge in [0.25, 0.3) is 0 Å². The third kappa shape index (κ3) is 6.92. The molecular formula is C30H40N4O4. The van der Waals surface area contributed by atoms with Crippen LogP contribution in [0.15, 0.2) is 60.7 Å². The van der Waals surface area contributed by atoms with Crippen molar-refractivity contribution in [2.45, 2.75) is 70.2 Å². The first-order valence-electron chi connectivity index (χ1n) is 13.8. The molecule has 2 aliphatic rings. The molecule has 0 bridgehead atoms. The summed E-state index contributed by atoms with van der Waals surface area (Å²) in [6, 6.07) is 19.4. The zero-order valence-electron chi connectivity index (χ0n) is 22.4. The maximum absolute atomic E-state index is 13.5. The molecule has 1 spiro atoms. The molecule has 0 saturated carbocycles. The summed E-state index contributed by atoms with van der Waals surface area (Å²) in [5.41, 5.74) is 1.45. The maximum atomic E-state index is 13.5. The summed E-state index contributed by atoms with van der Waals surface area (Å²) in [5, 5.41) is 5.82. The number of amides is 3. The normalized spacial score (nSPS) is 19.3. The van der Waals surface area contributed by atoms with Gasteiger partial charge in [0.2, 0.25) is 11.8 Å².